The second-order valence-corrected chi connectivity index (χ2v) is 8.72. The lowest BCUT2D eigenvalue weighted by atomic mass is 10.0. The second kappa shape index (κ2) is 7.73. The van der Waals surface area contributed by atoms with Crippen LogP contribution in [0.1, 0.15) is 43.0 Å². The van der Waals surface area contributed by atoms with E-state index in [1.165, 1.54) is 27.8 Å². The summed E-state index contributed by atoms with van der Waals surface area (Å²) in [6.07, 6.45) is 0.919. The molecule has 140 valence electrons. The van der Waals surface area contributed by atoms with Crippen molar-refractivity contribution in [2.24, 2.45) is 0 Å². The Bertz CT molecular complexity index is 926. The van der Waals surface area contributed by atoms with Crippen LogP contribution in [0.15, 0.2) is 47.4 Å². The Balaban J connectivity index is 2.09. The van der Waals surface area contributed by atoms with Gasteiger partial charge in [-0.05, 0) is 54.7 Å². The first-order valence-electron chi connectivity index (χ1n) is 9.29. The van der Waals surface area contributed by atoms with Gasteiger partial charge in [0, 0.05) is 5.25 Å². The van der Waals surface area contributed by atoms with E-state index in [4.69, 9.17) is 0 Å². The number of amides is 2. The molecular weight excluding hydrogens is 354 g/mol. The highest BCUT2D eigenvalue weighted by Crippen LogP contribution is 2.40. The van der Waals surface area contributed by atoms with Crippen LogP contribution in [-0.2, 0) is 16.0 Å². The van der Waals surface area contributed by atoms with Crippen molar-refractivity contribution in [1.82, 2.24) is 0 Å². The minimum Gasteiger partial charge on any atom is -0.268 e. The Hall–Kier alpha value is -2.33. The van der Waals surface area contributed by atoms with E-state index in [2.05, 4.69) is 6.92 Å². The lowest BCUT2D eigenvalue weighted by Gasteiger charge is -2.16. The molecule has 27 heavy (non-hydrogen) atoms. The van der Waals surface area contributed by atoms with Gasteiger partial charge in [0.15, 0.2) is 0 Å². The van der Waals surface area contributed by atoms with E-state index in [1.54, 1.807) is 0 Å². The van der Waals surface area contributed by atoms with Gasteiger partial charge < -0.3 is 0 Å². The van der Waals surface area contributed by atoms with E-state index < -0.39 is 0 Å². The van der Waals surface area contributed by atoms with Gasteiger partial charge in [-0.25, -0.2) is 4.90 Å². The third kappa shape index (κ3) is 3.72. The van der Waals surface area contributed by atoms with Crippen LogP contribution < -0.4 is 4.90 Å². The van der Waals surface area contributed by atoms with Crippen LogP contribution in [0.4, 0.5) is 5.69 Å². The summed E-state index contributed by atoms with van der Waals surface area (Å²) < 4.78 is 0. The van der Waals surface area contributed by atoms with Crippen molar-refractivity contribution in [2.75, 3.05) is 4.90 Å². The zero-order chi connectivity index (χ0) is 19.7. The van der Waals surface area contributed by atoms with E-state index in [0.29, 0.717) is 16.2 Å². The van der Waals surface area contributed by atoms with Crippen LogP contribution in [0.2, 0.25) is 0 Å². The molecule has 1 aliphatic rings. The molecule has 2 aromatic carbocycles. The number of imide groups is 1. The van der Waals surface area contributed by atoms with Crippen molar-refractivity contribution in [2.45, 2.75) is 46.3 Å². The Morgan fingerprint density at radius 1 is 0.926 bits per heavy atom. The number of nitrogens with zero attached hydrogens (tertiary/aromatic N) is 1. The molecule has 2 amide bonds. The van der Waals surface area contributed by atoms with E-state index in [-0.39, 0.29) is 17.1 Å². The maximum absolute atomic E-state index is 13.3. The predicted octanol–water partition coefficient (Wildman–Crippen LogP) is 5.29. The van der Waals surface area contributed by atoms with Gasteiger partial charge in [-0.2, -0.15) is 0 Å². The van der Waals surface area contributed by atoms with Gasteiger partial charge in [0.25, 0.3) is 11.8 Å². The molecule has 3 nitrogen and oxygen atoms in total. The normalized spacial score (nSPS) is 14.7. The zero-order valence-electron chi connectivity index (χ0n) is 16.5. The Morgan fingerprint density at radius 3 is 2.15 bits per heavy atom. The molecular formula is C23H25NO2S. The second-order valence-electron chi connectivity index (χ2n) is 7.14. The molecule has 0 saturated heterocycles. The summed E-state index contributed by atoms with van der Waals surface area (Å²) in [5.74, 6) is -0.466. The Labute approximate surface area is 165 Å². The number of anilines is 1. The van der Waals surface area contributed by atoms with E-state index >= 15 is 0 Å². The summed E-state index contributed by atoms with van der Waals surface area (Å²) in [7, 11) is 0. The standard InChI is InChI=1S/C23H25NO2S/c1-6-17-8-11-19(12-9-17)24-22(25)20(21(23(24)26)27-14(2)3)18-10-7-15(4)16(5)13-18/h7-14H,6H2,1-5H3. The number of thioether (sulfide) groups is 1. The van der Waals surface area contributed by atoms with E-state index in [1.807, 2.05) is 70.2 Å². The van der Waals surface area contributed by atoms with E-state index in [0.717, 1.165) is 17.5 Å². The van der Waals surface area contributed by atoms with Crippen molar-refractivity contribution in [3.63, 3.8) is 0 Å². The molecule has 1 aliphatic heterocycles. The molecule has 0 bridgehead atoms. The molecule has 0 unspecified atom stereocenters. The van der Waals surface area contributed by atoms with Gasteiger partial charge in [-0.15, -0.1) is 11.8 Å². The first kappa shape index (κ1) is 19.4. The summed E-state index contributed by atoms with van der Waals surface area (Å²) in [5, 5.41) is 0.209. The van der Waals surface area contributed by atoms with Gasteiger partial charge in [0.2, 0.25) is 0 Å². The highest BCUT2D eigenvalue weighted by Gasteiger charge is 2.40. The molecule has 0 fully saturated rings. The minimum absolute atomic E-state index is 0.209. The molecule has 4 heteroatoms. The Morgan fingerprint density at radius 2 is 1.59 bits per heavy atom. The zero-order valence-corrected chi connectivity index (χ0v) is 17.3. The maximum atomic E-state index is 13.3. The molecule has 1 heterocycles. The van der Waals surface area contributed by atoms with Crippen LogP contribution in [0.5, 0.6) is 0 Å². The number of hydrogen-bond donors (Lipinski definition) is 0. The summed E-state index contributed by atoms with van der Waals surface area (Å²) in [6.45, 7) is 10.2. The van der Waals surface area contributed by atoms with Crippen molar-refractivity contribution in [1.29, 1.82) is 0 Å². The Kier molecular flexibility index (Phi) is 5.56. The molecule has 0 aromatic heterocycles. The van der Waals surface area contributed by atoms with Crippen LogP contribution in [-0.4, -0.2) is 17.1 Å². The fourth-order valence-corrected chi connectivity index (χ4v) is 4.11. The first-order valence-corrected chi connectivity index (χ1v) is 10.2. The number of carbonyl (C=O) groups excluding carboxylic acids is 2. The average Bonchev–Trinajstić information content (AvgIpc) is 2.87. The average molecular weight is 380 g/mol. The summed E-state index contributed by atoms with van der Waals surface area (Å²) in [6, 6.07) is 13.6. The molecule has 3 rings (SSSR count). The van der Waals surface area contributed by atoms with Crippen molar-refractivity contribution >= 4 is 34.8 Å². The van der Waals surface area contributed by atoms with Crippen molar-refractivity contribution < 1.29 is 9.59 Å². The fourth-order valence-electron chi connectivity index (χ4n) is 3.12. The van der Waals surface area contributed by atoms with Crippen molar-refractivity contribution in [3.05, 3.63) is 69.6 Å². The predicted molar refractivity (Wildman–Crippen MR) is 114 cm³/mol. The topological polar surface area (TPSA) is 37.4 Å². The minimum atomic E-state index is -0.240. The highest BCUT2D eigenvalue weighted by molar-refractivity contribution is 8.04. The monoisotopic (exact) mass is 379 g/mol. The van der Waals surface area contributed by atoms with Gasteiger partial charge in [0.1, 0.15) is 0 Å². The number of aryl methyl sites for hydroxylation is 3. The number of carbonyl (C=O) groups is 2. The number of benzene rings is 2. The van der Waals surface area contributed by atoms with E-state index in [9.17, 15) is 9.59 Å². The maximum Gasteiger partial charge on any atom is 0.272 e. The molecule has 2 aromatic rings. The third-order valence-electron chi connectivity index (χ3n) is 4.79. The number of rotatable bonds is 5. The van der Waals surface area contributed by atoms with Gasteiger partial charge in [-0.1, -0.05) is 51.1 Å². The molecule has 0 spiro atoms. The van der Waals surface area contributed by atoms with Crippen LogP contribution in [0.3, 0.4) is 0 Å². The van der Waals surface area contributed by atoms with Crippen molar-refractivity contribution in [3.8, 4) is 0 Å². The number of hydrogen-bond acceptors (Lipinski definition) is 3. The van der Waals surface area contributed by atoms with Gasteiger partial charge in [-0.3, -0.25) is 9.59 Å². The first-order chi connectivity index (χ1) is 12.8. The lowest BCUT2D eigenvalue weighted by Crippen LogP contribution is -2.31. The smallest absolute Gasteiger partial charge is 0.268 e. The fraction of sp³-hybridized carbons (Fsp3) is 0.304. The summed E-state index contributed by atoms with van der Waals surface area (Å²) >= 11 is 1.46. The lowest BCUT2D eigenvalue weighted by molar-refractivity contribution is -0.119. The largest absolute Gasteiger partial charge is 0.272 e. The highest BCUT2D eigenvalue weighted by atomic mass is 32.2. The van der Waals surface area contributed by atoms with Crippen LogP contribution >= 0.6 is 11.8 Å². The summed E-state index contributed by atoms with van der Waals surface area (Å²) in [5.41, 5.74) is 5.41. The molecule has 0 radical (unpaired) electrons. The molecule has 0 saturated carbocycles. The quantitative estimate of drug-likeness (QED) is 0.662. The molecule has 0 N–H and O–H groups in total. The summed E-state index contributed by atoms with van der Waals surface area (Å²) in [4.78, 5) is 28.3. The van der Waals surface area contributed by atoms with Gasteiger partial charge >= 0.3 is 0 Å². The third-order valence-corrected chi connectivity index (χ3v) is 5.88. The van der Waals surface area contributed by atoms with Gasteiger partial charge in [0.05, 0.1) is 16.2 Å². The SMILES string of the molecule is CCc1ccc(N2C(=O)C(SC(C)C)=C(c3ccc(C)c(C)c3)C2=O)cc1. The van der Waals surface area contributed by atoms with Crippen LogP contribution in [0, 0.1) is 13.8 Å². The molecule has 0 aliphatic carbocycles. The van der Waals surface area contributed by atoms with Crippen LogP contribution in [0.25, 0.3) is 5.57 Å². The molecule has 0 atom stereocenters.